The largest absolute Gasteiger partial charge is 0.395 e. The van der Waals surface area contributed by atoms with Crippen molar-refractivity contribution in [1.82, 2.24) is 4.90 Å². The molecule has 1 saturated heterocycles. The summed E-state index contributed by atoms with van der Waals surface area (Å²) in [5, 5.41) is 18.1. The minimum Gasteiger partial charge on any atom is -0.395 e. The molecule has 0 spiro atoms. The lowest BCUT2D eigenvalue weighted by Crippen LogP contribution is -2.38. The lowest BCUT2D eigenvalue weighted by Gasteiger charge is -2.24. The highest BCUT2D eigenvalue weighted by atomic mass is 16.3. The maximum absolute atomic E-state index is 12.2. The van der Waals surface area contributed by atoms with E-state index >= 15 is 0 Å². The first-order valence-corrected chi connectivity index (χ1v) is 6.54. The van der Waals surface area contributed by atoms with Crippen LogP contribution in [0.1, 0.15) is 29.3 Å². The van der Waals surface area contributed by atoms with Crippen molar-refractivity contribution in [3.63, 3.8) is 0 Å². The molecule has 4 heteroatoms. The van der Waals surface area contributed by atoms with Crippen LogP contribution >= 0.6 is 0 Å². The van der Waals surface area contributed by atoms with E-state index in [-0.39, 0.29) is 18.4 Å². The quantitative estimate of drug-likeness (QED) is 0.830. The Hall–Kier alpha value is -1.70. The molecule has 0 aromatic heterocycles. The second-order valence-electron chi connectivity index (χ2n) is 5.10. The average molecular weight is 258 g/mol. The molecule has 0 amide bonds. The van der Waals surface area contributed by atoms with Crippen LogP contribution in [-0.4, -0.2) is 41.5 Å². The molecule has 2 atom stereocenters. The Labute approximate surface area is 113 Å². The van der Waals surface area contributed by atoms with E-state index in [1.807, 2.05) is 11.0 Å². The Morgan fingerprint density at radius 1 is 1.47 bits per heavy atom. The van der Waals surface area contributed by atoms with Crippen molar-refractivity contribution in [3.8, 4) is 6.07 Å². The Morgan fingerprint density at radius 2 is 2.16 bits per heavy atom. The summed E-state index contributed by atoms with van der Waals surface area (Å²) >= 11 is 0. The maximum Gasteiger partial charge on any atom is 0.176 e. The highest BCUT2D eigenvalue weighted by Gasteiger charge is 2.31. The highest BCUT2D eigenvalue weighted by molar-refractivity contribution is 5.97. The monoisotopic (exact) mass is 258 g/mol. The van der Waals surface area contributed by atoms with Gasteiger partial charge < -0.3 is 5.11 Å². The van der Waals surface area contributed by atoms with Crippen molar-refractivity contribution < 1.29 is 9.90 Å². The van der Waals surface area contributed by atoms with Gasteiger partial charge in [-0.25, -0.2) is 0 Å². The number of carbonyl (C=O) groups is 1. The van der Waals surface area contributed by atoms with Crippen LogP contribution in [0.15, 0.2) is 24.3 Å². The lowest BCUT2D eigenvalue weighted by molar-refractivity contribution is 0.0866. The van der Waals surface area contributed by atoms with E-state index in [1.54, 1.807) is 24.3 Å². The van der Waals surface area contributed by atoms with E-state index in [4.69, 9.17) is 5.26 Å². The molecule has 1 aromatic carbocycles. The first kappa shape index (κ1) is 13.7. The molecule has 0 aliphatic carbocycles. The molecule has 1 N–H and O–H groups in total. The Bertz CT molecular complexity index is 490. The number of benzene rings is 1. The van der Waals surface area contributed by atoms with Crippen molar-refractivity contribution in [2.45, 2.75) is 19.4 Å². The Morgan fingerprint density at radius 3 is 2.74 bits per heavy atom. The number of hydrogen-bond donors (Lipinski definition) is 1. The number of nitrogens with zero attached hydrogens (tertiary/aromatic N) is 2. The number of nitriles is 1. The summed E-state index contributed by atoms with van der Waals surface area (Å²) in [6.07, 6.45) is 1.02. The SMILES string of the molecule is CC1CCN(CC(=O)c2ccc(C#N)cc2)C1CO. The van der Waals surface area contributed by atoms with Crippen LogP contribution in [0.25, 0.3) is 0 Å². The van der Waals surface area contributed by atoms with Crippen molar-refractivity contribution in [3.05, 3.63) is 35.4 Å². The number of rotatable bonds is 4. The molecule has 4 nitrogen and oxygen atoms in total. The van der Waals surface area contributed by atoms with Crippen LogP contribution in [0, 0.1) is 17.2 Å². The highest BCUT2D eigenvalue weighted by Crippen LogP contribution is 2.23. The molecule has 0 saturated carbocycles. The normalized spacial score (nSPS) is 23.2. The van der Waals surface area contributed by atoms with Crippen molar-refractivity contribution in [1.29, 1.82) is 5.26 Å². The lowest BCUT2D eigenvalue weighted by atomic mass is 10.0. The second kappa shape index (κ2) is 5.96. The summed E-state index contributed by atoms with van der Waals surface area (Å²) in [6, 6.07) is 8.81. The fourth-order valence-electron chi connectivity index (χ4n) is 2.59. The van der Waals surface area contributed by atoms with Crippen molar-refractivity contribution in [2.24, 2.45) is 5.92 Å². The van der Waals surface area contributed by atoms with Gasteiger partial charge in [0.1, 0.15) is 0 Å². The number of carbonyl (C=O) groups excluding carboxylic acids is 1. The zero-order valence-electron chi connectivity index (χ0n) is 11.0. The maximum atomic E-state index is 12.2. The Balaban J connectivity index is 2.02. The summed E-state index contributed by atoms with van der Waals surface area (Å²) in [5.74, 6) is 0.468. The van der Waals surface area contributed by atoms with E-state index in [0.29, 0.717) is 23.6 Å². The molecule has 1 aliphatic rings. The van der Waals surface area contributed by atoms with Gasteiger partial charge >= 0.3 is 0 Å². The molecule has 1 fully saturated rings. The fourth-order valence-corrected chi connectivity index (χ4v) is 2.59. The van der Waals surface area contributed by atoms with Crippen LogP contribution in [0.2, 0.25) is 0 Å². The molecule has 0 bridgehead atoms. The number of aliphatic hydroxyl groups excluding tert-OH is 1. The van der Waals surface area contributed by atoms with Gasteiger partial charge in [0.25, 0.3) is 0 Å². The minimum atomic E-state index is 0.0389. The van der Waals surface area contributed by atoms with Gasteiger partial charge in [-0.1, -0.05) is 19.1 Å². The molecule has 19 heavy (non-hydrogen) atoms. The van der Waals surface area contributed by atoms with Crippen LogP contribution in [0.3, 0.4) is 0 Å². The van der Waals surface area contributed by atoms with Crippen molar-refractivity contribution >= 4 is 5.78 Å². The van der Waals surface area contributed by atoms with E-state index < -0.39 is 0 Å². The summed E-state index contributed by atoms with van der Waals surface area (Å²) in [5.41, 5.74) is 1.18. The van der Waals surface area contributed by atoms with Crippen LogP contribution < -0.4 is 0 Å². The molecular weight excluding hydrogens is 240 g/mol. The number of Topliss-reactive ketones (excluding diaryl/α,β-unsaturated/α-hetero) is 1. The van der Waals surface area contributed by atoms with Gasteiger partial charge in [-0.2, -0.15) is 5.26 Å². The summed E-state index contributed by atoms with van der Waals surface area (Å²) in [6.45, 7) is 3.39. The van der Waals surface area contributed by atoms with E-state index in [0.717, 1.165) is 13.0 Å². The van der Waals surface area contributed by atoms with Gasteiger partial charge in [-0.05, 0) is 31.0 Å². The summed E-state index contributed by atoms with van der Waals surface area (Å²) < 4.78 is 0. The average Bonchev–Trinajstić information content (AvgIpc) is 2.79. The molecule has 1 aromatic rings. The molecule has 2 rings (SSSR count). The number of aliphatic hydroxyl groups is 1. The third kappa shape index (κ3) is 3.01. The predicted octanol–water partition coefficient (Wildman–Crippen LogP) is 1.44. The van der Waals surface area contributed by atoms with Crippen molar-refractivity contribution in [2.75, 3.05) is 19.7 Å². The smallest absolute Gasteiger partial charge is 0.176 e. The number of ketones is 1. The number of likely N-dealkylation sites (tertiary alicyclic amines) is 1. The topological polar surface area (TPSA) is 64.3 Å². The van der Waals surface area contributed by atoms with Gasteiger partial charge in [0.2, 0.25) is 0 Å². The fraction of sp³-hybridized carbons (Fsp3) is 0.467. The third-order valence-corrected chi connectivity index (χ3v) is 3.87. The van der Waals surface area contributed by atoms with Crippen LogP contribution in [-0.2, 0) is 0 Å². The van der Waals surface area contributed by atoms with Gasteiger partial charge in [0.05, 0.1) is 24.8 Å². The van der Waals surface area contributed by atoms with Gasteiger partial charge in [0, 0.05) is 11.6 Å². The van der Waals surface area contributed by atoms with Gasteiger partial charge in [-0.15, -0.1) is 0 Å². The first-order valence-electron chi connectivity index (χ1n) is 6.54. The standard InChI is InChI=1S/C15H18N2O2/c1-11-6-7-17(14(11)10-18)9-15(19)13-4-2-12(8-16)3-5-13/h2-5,11,14,18H,6-7,9-10H2,1H3. The second-order valence-corrected chi connectivity index (χ2v) is 5.10. The zero-order chi connectivity index (χ0) is 13.8. The molecule has 1 heterocycles. The molecule has 100 valence electrons. The van der Waals surface area contributed by atoms with E-state index in [9.17, 15) is 9.90 Å². The van der Waals surface area contributed by atoms with Crippen LogP contribution in [0.4, 0.5) is 0 Å². The molecule has 1 aliphatic heterocycles. The number of hydrogen-bond acceptors (Lipinski definition) is 4. The third-order valence-electron chi connectivity index (χ3n) is 3.87. The molecule has 0 radical (unpaired) electrons. The Kier molecular flexibility index (Phi) is 4.31. The van der Waals surface area contributed by atoms with E-state index in [1.165, 1.54) is 0 Å². The zero-order valence-corrected chi connectivity index (χ0v) is 11.0. The first-order chi connectivity index (χ1) is 9.15. The molecule has 2 unspecified atom stereocenters. The molecular formula is C15H18N2O2. The summed E-state index contributed by atoms with van der Waals surface area (Å²) in [7, 11) is 0. The van der Waals surface area contributed by atoms with Crippen LogP contribution in [0.5, 0.6) is 0 Å². The predicted molar refractivity (Wildman–Crippen MR) is 71.7 cm³/mol. The van der Waals surface area contributed by atoms with E-state index in [2.05, 4.69) is 6.92 Å². The van der Waals surface area contributed by atoms with Gasteiger partial charge in [0.15, 0.2) is 5.78 Å². The minimum absolute atomic E-state index is 0.0389. The summed E-state index contributed by atoms with van der Waals surface area (Å²) in [4.78, 5) is 14.2. The van der Waals surface area contributed by atoms with Gasteiger partial charge in [-0.3, -0.25) is 9.69 Å².